The summed E-state index contributed by atoms with van der Waals surface area (Å²) < 4.78 is 18.5. The van der Waals surface area contributed by atoms with E-state index in [0.717, 1.165) is 22.4 Å². The third-order valence-electron chi connectivity index (χ3n) is 5.31. The van der Waals surface area contributed by atoms with E-state index < -0.39 is 0 Å². The normalized spacial score (nSPS) is 18.8. The van der Waals surface area contributed by atoms with Crippen LogP contribution >= 0.6 is 0 Å². The van der Waals surface area contributed by atoms with Crippen LogP contribution in [0.4, 0.5) is 0 Å². The van der Waals surface area contributed by atoms with Gasteiger partial charge in [0.25, 0.3) is 5.56 Å². The van der Waals surface area contributed by atoms with Gasteiger partial charge in [-0.1, -0.05) is 17.9 Å². The number of aryl methyl sites for hydroxylation is 2. The van der Waals surface area contributed by atoms with E-state index in [1.54, 1.807) is 10.6 Å². The molecule has 1 saturated heterocycles. The van der Waals surface area contributed by atoms with E-state index in [2.05, 4.69) is 37.0 Å². The molecule has 1 aromatic heterocycles. The number of benzene rings is 1. The largest absolute Gasteiger partial charge is 0.491 e. The lowest BCUT2D eigenvalue weighted by Crippen LogP contribution is -2.33. The second-order valence-electron chi connectivity index (χ2n) is 7.82. The fraction of sp³-hybridized carbons (Fsp3) is 0.458. The second-order valence-corrected chi connectivity index (χ2v) is 7.82. The predicted molar refractivity (Wildman–Crippen MR) is 111 cm³/mol. The lowest BCUT2D eigenvalue weighted by Gasteiger charge is -2.23. The highest BCUT2D eigenvalue weighted by molar-refractivity contribution is 5.41. The number of pyridine rings is 1. The predicted octanol–water partition coefficient (Wildman–Crippen LogP) is 3.07. The summed E-state index contributed by atoms with van der Waals surface area (Å²) in [5, 5.41) is 0. The van der Waals surface area contributed by atoms with Crippen molar-refractivity contribution in [1.82, 2.24) is 4.57 Å². The van der Waals surface area contributed by atoms with Gasteiger partial charge < -0.3 is 18.8 Å². The van der Waals surface area contributed by atoms with E-state index in [4.69, 9.17) is 14.2 Å². The molecule has 5 heteroatoms. The van der Waals surface area contributed by atoms with E-state index in [-0.39, 0.29) is 11.7 Å². The zero-order chi connectivity index (χ0) is 20.2. The molecule has 152 valence electrons. The topological polar surface area (TPSA) is 49.7 Å². The number of aromatic nitrogens is 1. The molecular weight excluding hydrogens is 366 g/mol. The van der Waals surface area contributed by atoms with Gasteiger partial charge in [-0.25, -0.2) is 0 Å². The van der Waals surface area contributed by atoms with Gasteiger partial charge in [0, 0.05) is 23.2 Å². The summed E-state index contributed by atoms with van der Waals surface area (Å²) in [6, 6.07) is 9.68. The van der Waals surface area contributed by atoms with Crippen LogP contribution in [0.2, 0.25) is 0 Å². The molecule has 29 heavy (non-hydrogen) atoms. The van der Waals surface area contributed by atoms with E-state index in [1.165, 1.54) is 12.8 Å². The van der Waals surface area contributed by atoms with Crippen LogP contribution < -0.4 is 10.3 Å². The number of nitrogens with zero attached hydrogens (tertiary/aromatic N) is 1. The number of hydrogen-bond donors (Lipinski definition) is 0. The van der Waals surface area contributed by atoms with Crippen LogP contribution in [0.1, 0.15) is 35.2 Å². The van der Waals surface area contributed by atoms with Crippen LogP contribution in [0.3, 0.4) is 0 Å². The Balaban J connectivity index is 1.48. The Morgan fingerprint density at radius 2 is 2.03 bits per heavy atom. The molecule has 1 saturated carbocycles. The van der Waals surface area contributed by atoms with E-state index >= 15 is 0 Å². The molecule has 1 aliphatic heterocycles. The van der Waals surface area contributed by atoms with Crippen molar-refractivity contribution in [3.05, 3.63) is 63.1 Å². The van der Waals surface area contributed by atoms with Gasteiger partial charge in [-0.3, -0.25) is 4.79 Å². The maximum Gasteiger partial charge on any atom is 0.254 e. The number of ether oxygens (including phenoxy) is 3. The first-order chi connectivity index (χ1) is 14.1. The highest BCUT2D eigenvalue weighted by Crippen LogP contribution is 2.27. The summed E-state index contributed by atoms with van der Waals surface area (Å²) in [6.45, 7) is 6.63. The van der Waals surface area contributed by atoms with Crippen molar-refractivity contribution in [3.8, 4) is 17.6 Å². The molecule has 2 aliphatic rings. The third-order valence-corrected chi connectivity index (χ3v) is 5.31. The third kappa shape index (κ3) is 5.29. The minimum atomic E-state index is -0.0892. The first-order valence-corrected chi connectivity index (χ1v) is 10.2. The Morgan fingerprint density at radius 1 is 1.17 bits per heavy atom. The first kappa shape index (κ1) is 19.8. The summed E-state index contributed by atoms with van der Waals surface area (Å²) in [4.78, 5) is 12.7. The molecule has 1 aliphatic carbocycles. The molecule has 5 nitrogen and oxygen atoms in total. The Kier molecular flexibility index (Phi) is 6.03. The van der Waals surface area contributed by atoms with Gasteiger partial charge in [0.1, 0.15) is 18.5 Å². The standard InChI is InChI=1S/C24H27NO4/c1-17-3-4-20(8-7-19-5-6-19)12-21(17)14-25-18(2)11-22(13-24(25)26)29-16-23-15-27-9-10-28-23/h3-4,11-13,19,23H,5-6,9-10,14-16H2,1-2H3/t23-/m1/s1. The minimum Gasteiger partial charge on any atom is -0.491 e. The summed E-state index contributed by atoms with van der Waals surface area (Å²) in [5.41, 5.74) is 4.07. The molecule has 1 aromatic carbocycles. The molecule has 0 amide bonds. The summed E-state index contributed by atoms with van der Waals surface area (Å²) >= 11 is 0. The first-order valence-electron chi connectivity index (χ1n) is 10.2. The highest BCUT2D eigenvalue weighted by atomic mass is 16.6. The molecular formula is C24H27NO4. The van der Waals surface area contributed by atoms with Crippen molar-refractivity contribution in [1.29, 1.82) is 0 Å². The van der Waals surface area contributed by atoms with Crippen LogP contribution in [-0.4, -0.2) is 37.1 Å². The van der Waals surface area contributed by atoms with Crippen LogP contribution in [0, 0.1) is 31.6 Å². The Bertz CT molecular complexity index is 988. The van der Waals surface area contributed by atoms with Gasteiger partial charge in [0.2, 0.25) is 0 Å². The smallest absolute Gasteiger partial charge is 0.254 e. The molecule has 4 rings (SSSR count). The minimum absolute atomic E-state index is 0.0744. The zero-order valence-corrected chi connectivity index (χ0v) is 17.1. The Morgan fingerprint density at radius 3 is 2.76 bits per heavy atom. The van der Waals surface area contributed by atoms with Crippen LogP contribution in [0.15, 0.2) is 35.1 Å². The monoisotopic (exact) mass is 393 g/mol. The van der Waals surface area contributed by atoms with E-state index in [1.807, 2.05) is 13.0 Å². The highest BCUT2D eigenvalue weighted by Gasteiger charge is 2.18. The maximum absolute atomic E-state index is 12.7. The molecule has 0 radical (unpaired) electrons. The lowest BCUT2D eigenvalue weighted by molar-refractivity contribution is -0.101. The molecule has 2 aromatic rings. The van der Waals surface area contributed by atoms with Crippen LogP contribution in [0.5, 0.6) is 5.75 Å². The Labute approximate surface area is 171 Å². The van der Waals surface area contributed by atoms with E-state index in [0.29, 0.717) is 44.6 Å². The zero-order valence-electron chi connectivity index (χ0n) is 17.1. The summed E-state index contributed by atoms with van der Waals surface area (Å²) in [5.74, 6) is 7.71. The summed E-state index contributed by atoms with van der Waals surface area (Å²) in [6.07, 6.45) is 2.34. The average Bonchev–Trinajstić information content (AvgIpc) is 3.55. The second kappa shape index (κ2) is 8.86. The SMILES string of the molecule is Cc1ccc(C#CC2CC2)cc1Cn1c(C)cc(OC[C@H]2COCCO2)cc1=O. The van der Waals surface area contributed by atoms with Crippen LogP contribution in [0.25, 0.3) is 0 Å². The van der Waals surface area contributed by atoms with Crippen molar-refractivity contribution in [2.24, 2.45) is 5.92 Å². The van der Waals surface area contributed by atoms with Crippen molar-refractivity contribution >= 4 is 0 Å². The molecule has 0 unspecified atom stereocenters. The molecule has 2 fully saturated rings. The van der Waals surface area contributed by atoms with Gasteiger partial charge in [-0.05, 0) is 56.0 Å². The van der Waals surface area contributed by atoms with Gasteiger partial charge in [0.15, 0.2) is 0 Å². The molecule has 0 spiro atoms. The van der Waals surface area contributed by atoms with Crippen molar-refractivity contribution in [2.45, 2.75) is 39.3 Å². The average molecular weight is 393 g/mol. The quantitative estimate of drug-likeness (QED) is 0.733. The van der Waals surface area contributed by atoms with Gasteiger partial charge in [-0.15, -0.1) is 0 Å². The van der Waals surface area contributed by atoms with E-state index in [9.17, 15) is 4.79 Å². The molecule has 1 atom stereocenters. The van der Waals surface area contributed by atoms with Crippen LogP contribution in [-0.2, 0) is 16.0 Å². The fourth-order valence-electron chi connectivity index (χ4n) is 3.31. The Hall–Kier alpha value is -2.55. The molecule has 0 bridgehead atoms. The van der Waals surface area contributed by atoms with Gasteiger partial charge in [-0.2, -0.15) is 0 Å². The number of rotatable bonds is 5. The van der Waals surface area contributed by atoms with Crippen molar-refractivity contribution in [3.63, 3.8) is 0 Å². The van der Waals surface area contributed by atoms with Gasteiger partial charge >= 0.3 is 0 Å². The molecule has 2 heterocycles. The maximum atomic E-state index is 12.7. The van der Waals surface area contributed by atoms with Crippen molar-refractivity contribution < 1.29 is 14.2 Å². The fourth-order valence-corrected chi connectivity index (χ4v) is 3.31. The lowest BCUT2D eigenvalue weighted by atomic mass is 10.0. The van der Waals surface area contributed by atoms with Gasteiger partial charge in [0.05, 0.1) is 26.4 Å². The summed E-state index contributed by atoms with van der Waals surface area (Å²) in [7, 11) is 0. The van der Waals surface area contributed by atoms with Crippen molar-refractivity contribution in [2.75, 3.05) is 26.4 Å². The molecule has 0 N–H and O–H groups in total. The number of hydrogen-bond acceptors (Lipinski definition) is 4.